The summed E-state index contributed by atoms with van der Waals surface area (Å²) in [7, 11) is 1.74. The van der Waals surface area contributed by atoms with Crippen molar-refractivity contribution in [2.45, 2.75) is 52.1 Å². The van der Waals surface area contributed by atoms with Crippen LogP contribution in [0.3, 0.4) is 0 Å². The van der Waals surface area contributed by atoms with Crippen LogP contribution in [0.5, 0.6) is 0 Å². The first-order valence-electron chi connectivity index (χ1n) is 12.2. The monoisotopic (exact) mass is 459 g/mol. The third-order valence-corrected chi connectivity index (χ3v) is 7.36. The first kappa shape index (κ1) is 22.4. The van der Waals surface area contributed by atoms with Crippen LogP contribution in [-0.2, 0) is 17.6 Å². The number of likely N-dealkylation sites (tertiary alicyclic amines) is 1. The summed E-state index contributed by atoms with van der Waals surface area (Å²) < 4.78 is 0. The smallest absolute Gasteiger partial charge is 0.321 e. The maximum absolute atomic E-state index is 13.3. The maximum Gasteiger partial charge on any atom is 0.321 e. The number of likely N-dealkylation sites (N-methyl/N-ethyl adjacent to an activating group) is 1. The molecule has 2 N–H and O–H groups in total. The van der Waals surface area contributed by atoms with E-state index in [2.05, 4.69) is 35.4 Å². The molecule has 3 amide bonds. The fraction of sp³-hybridized carbons (Fsp3) is 0.444. The first-order valence-corrected chi connectivity index (χ1v) is 12.2. The van der Waals surface area contributed by atoms with E-state index in [0.717, 1.165) is 68.0 Å². The van der Waals surface area contributed by atoms with Gasteiger partial charge in [-0.1, -0.05) is 32.0 Å². The minimum atomic E-state index is -1.00. The van der Waals surface area contributed by atoms with Crippen molar-refractivity contribution in [2.24, 2.45) is 10.4 Å². The number of hydrogen-bond acceptors (Lipinski definition) is 4. The highest BCUT2D eigenvalue weighted by Gasteiger charge is 2.34. The van der Waals surface area contributed by atoms with Crippen LogP contribution in [0.15, 0.2) is 47.5 Å². The van der Waals surface area contributed by atoms with E-state index in [0.29, 0.717) is 5.41 Å². The number of aryl methyl sites for hydroxylation is 2. The zero-order valence-electron chi connectivity index (χ0n) is 20.2. The molecule has 0 unspecified atom stereocenters. The molecule has 178 valence electrons. The van der Waals surface area contributed by atoms with Crippen LogP contribution in [0.1, 0.15) is 49.8 Å². The van der Waals surface area contributed by atoms with E-state index >= 15 is 0 Å². The largest absolute Gasteiger partial charge is 0.356 e. The quantitative estimate of drug-likeness (QED) is 0.708. The molecular weight excluding hydrogens is 426 g/mol. The molecule has 2 aromatic rings. The average Bonchev–Trinajstić information content (AvgIpc) is 3.25. The van der Waals surface area contributed by atoms with Crippen molar-refractivity contribution in [3.63, 3.8) is 0 Å². The van der Waals surface area contributed by atoms with E-state index in [1.165, 1.54) is 11.1 Å². The van der Waals surface area contributed by atoms with Gasteiger partial charge < -0.3 is 20.4 Å². The summed E-state index contributed by atoms with van der Waals surface area (Å²) in [6.07, 6.45) is 4.38. The number of aliphatic imine (C=N–C) groups is 1. The van der Waals surface area contributed by atoms with Gasteiger partial charge in [0.15, 0.2) is 0 Å². The van der Waals surface area contributed by atoms with Crippen molar-refractivity contribution in [1.29, 1.82) is 0 Å². The number of fused-ring (bicyclic) bond motifs is 2. The van der Waals surface area contributed by atoms with Crippen LogP contribution in [0.25, 0.3) is 0 Å². The van der Waals surface area contributed by atoms with Crippen LogP contribution in [0.2, 0.25) is 0 Å². The second-order valence-corrected chi connectivity index (χ2v) is 10.4. The molecule has 0 bridgehead atoms. The highest BCUT2D eigenvalue weighted by Crippen LogP contribution is 2.33. The molecule has 2 aromatic carbocycles. The molecule has 0 aromatic heterocycles. The van der Waals surface area contributed by atoms with Crippen molar-refractivity contribution in [3.8, 4) is 0 Å². The van der Waals surface area contributed by atoms with Crippen molar-refractivity contribution in [3.05, 3.63) is 59.2 Å². The van der Waals surface area contributed by atoms with Crippen molar-refractivity contribution < 1.29 is 9.59 Å². The first-order chi connectivity index (χ1) is 16.3. The van der Waals surface area contributed by atoms with Crippen LogP contribution in [0.4, 0.5) is 16.2 Å². The van der Waals surface area contributed by atoms with Gasteiger partial charge in [-0.3, -0.25) is 4.79 Å². The van der Waals surface area contributed by atoms with Crippen molar-refractivity contribution in [2.75, 3.05) is 30.4 Å². The van der Waals surface area contributed by atoms with Crippen LogP contribution in [-0.4, -0.2) is 49.0 Å². The number of para-hydroxylation sites is 1. The maximum atomic E-state index is 13.3. The summed E-state index contributed by atoms with van der Waals surface area (Å²) in [5.74, 6) is 0.510. The molecule has 3 aliphatic rings. The van der Waals surface area contributed by atoms with Crippen LogP contribution < -0.4 is 15.5 Å². The molecule has 1 atom stereocenters. The molecular formula is C27H33N5O2. The number of amidine groups is 1. The van der Waals surface area contributed by atoms with Gasteiger partial charge >= 0.3 is 6.03 Å². The normalized spacial score (nSPS) is 21.3. The number of urea groups is 1. The Labute approximate surface area is 201 Å². The second kappa shape index (κ2) is 8.78. The summed E-state index contributed by atoms with van der Waals surface area (Å²) >= 11 is 0. The Morgan fingerprint density at radius 3 is 2.59 bits per heavy atom. The van der Waals surface area contributed by atoms with E-state index in [1.807, 2.05) is 36.4 Å². The van der Waals surface area contributed by atoms with E-state index in [9.17, 15) is 9.59 Å². The molecule has 7 heteroatoms. The molecule has 7 nitrogen and oxygen atoms in total. The number of rotatable bonds is 2. The number of carbonyl (C=O) groups is 2. The van der Waals surface area contributed by atoms with Gasteiger partial charge in [-0.05, 0) is 72.9 Å². The molecule has 0 spiro atoms. The number of hydrogen-bond donors (Lipinski definition) is 2. The molecule has 0 radical (unpaired) electrons. The number of nitrogens with one attached hydrogen (secondary N) is 2. The lowest BCUT2D eigenvalue weighted by atomic mass is 9.82. The van der Waals surface area contributed by atoms with Gasteiger partial charge in [0.2, 0.25) is 6.17 Å². The van der Waals surface area contributed by atoms with E-state index in [-0.39, 0.29) is 5.91 Å². The lowest BCUT2D eigenvalue weighted by Crippen LogP contribution is -2.48. The minimum Gasteiger partial charge on any atom is -0.356 e. The van der Waals surface area contributed by atoms with Gasteiger partial charge in [-0.25, -0.2) is 9.79 Å². The molecule has 2 heterocycles. The highest BCUT2D eigenvalue weighted by molar-refractivity contribution is 6.12. The number of piperidine rings is 1. The summed E-state index contributed by atoms with van der Waals surface area (Å²) in [5.41, 5.74) is 5.38. The van der Waals surface area contributed by atoms with Crippen molar-refractivity contribution in [1.82, 2.24) is 10.2 Å². The fourth-order valence-corrected chi connectivity index (χ4v) is 5.12. The minimum absolute atomic E-state index is 0.260. The predicted octanol–water partition coefficient (Wildman–Crippen LogP) is 4.17. The molecule has 2 aliphatic heterocycles. The third kappa shape index (κ3) is 4.39. The number of anilines is 2. The van der Waals surface area contributed by atoms with Crippen molar-refractivity contribution >= 4 is 29.1 Å². The standard InChI is InChI=1S/C27H33N5O2/c1-27(2)13-15-32(16-14-27)24-21-9-4-5-10-22(21)31(3)25(33)23(29-24)30-26(34)28-20-12-11-18-7-6-8-19(18)17-20/h4-5,9-12,17,23H,6-8,13-16H2,1-3H3,(H2,28,30,34)/t23-/m0/s1. The number of nitrogens with zero attached hydrogens (tertiary/aromatic N) is 3. The molecule has 1 aliphatic carbocycles. The topological polar surface area (TPSA) is 77.0 Å². The second-order valence-electron chi connectivity index (χ2n) is 10.4. The molecule has 34 heavy (non-hydrogen) atoms. The number of benzodiazepines with no additional fused rings is 1. The van der Waals surface area contributed by atoms with Gasteiger partial charge in [0, 0.05) is 31.4 Å². The Bertz CT molecular complexity index is 1150. The molecule has 1 fully saturated rings. The van der Waals surface area contributed by atoms with Gasteiger partial charge in [-0.2, -0.15) is 0 Å². The molecule has 0 saturated carbocycles. The molecule has 5 rings (SSSR count). The predicted molar refractivity (Wildman–Crippen MR) is 135 cm³/mol. The third-order valence-electron chi connectivity index (χ3n) is 7.36. The average molecular weight is 460 g/mol. The van der Waals surface area contributed by atoms with Gasteiger partial charge in [-0.15, -0.1) is 0 Å². The Balaban J connectivity index is 1.40. The van der Waals surface area contributed by atoms with E-state index in [1.54, 1.807) is 11.9 Å². The lowest BCUT2D eigenvalue weighted by Gasteiger charge is -2.38. The summed E-state index contributed by atoms with van der Waals surface area (Å²) in [6, 6.07) is 13.4. The number of carbonyl (C=O) groups excluding carboxylic acids is 2. The van der Waals surface area contributed by atoms with E-state index in [4.69, 9.17) is 4.99 Å². The number of amides is 3. The molecule has 1 saturated heterocycles. The van der Waals surface area contributed by atoms with Crippen LogP contribution >= 0.6 is 0 Å². The zero-order chi connectivity index (χ0) is 23.9. The Morgan fingerprint density at radius 1 is 1.06 bits per heavy atom. The lowest BCUT2D eigenvalue weighted by molar-refractivity contribution is -0.119. The summed E-state index contributed by atoms with van der Waals surface area (Å²) in [6.45, 7) is 6.31. The SMILES string of the molecule is CN1C(=O)[C@H](NC(=O)Nc2ccc3c(c2)CCC3)N=C(N2CCC(C)(C)CC2)c2ccccc21. The van der Waals surface area contributed by atoms with Gasteiger partial charge in [0.1, 0.15) is 5.84 Å². The van der Waals surface area contributed by atoms with Gasteiger partial charge in [0.25, 0.3) is 5.91 Å². The summed E-state index contributed by atoms with van der Waals surface area (Å²) in [4.78, 5) is 34.9. The fourth-order valence-electron chi connectivity index (χ4n) is 5.12. The van der Waals surface area contributed by atoms with Gasteiger partial charge in [0.05, 0.1) is 5.69 Å². The zero-order valence-corrected chi connectivity index (χ0v) is 20.2. The Hall–Kier alpha value is -3.35. The highest BCUT2D eigenvalue weighted by atomic mass is 16.2. The Kier molecular flexibility index (Phi) is 5.80. The Morgan fingerprint density at radius 2 is 1.79 bits per heavy atom. The van der Waals surface area contributed by atoms with Crippen LogP contribution in [0, 0.1) is 5.41 Å². The van der Waals surface area contributed by atoms with E-state index < -0.39 is 12.2 Å². The summed E-state index contributed by atoms with van der Waals surface area (Å²) in [5, 5.41) is 5.72. The number of benzene rings is 2.